The Hall–Kier alpha value is -5.25. The molecule has 0 bridgehead atoms. The minimum absolute atomic E-state index is 0.994. The number of para-hydroxylation sites is 2. The molecule has 0 radical (unpaired) electrons. The molecule has 0 saturated carbocycles. The standard InChI is InChI=1S/C39H24N2S/c1-2-11-29-27(9-1)28-10-3-4-12-30(28)34-23-25(17-19-31(29)34)38-21-22-39(42-38)35-20-18-26(24-40-35)41-36-15-7-5-13-32(36)33-14-6-8-16-37(33)41/h1-24H. The number of benzene rings is 6. The van der Waals surface area contributed by atoms with Crippen molar-refractivity contribution in [3.8, 4) is 26.7 Å². The van der Waals surface area contributed by atoms with Gasteiger partial charge in [0.1, 0.15) is 0 Å². The van der Waals surface area contributed by atoms with E-state index in [0.717, 1.165) is 11.4 Å². The van der Waals surface area contributed by atoms with Crippen LogP contribution in [-0.2, 0) is 0 Å². The zero-order valence-corrected chi connectivity index (χ0v) is 23.5. The van der Waals surface area contributed by atoms with Crippen LogP contribution in [-0.4, -0.2) is 9.55 Å². The van der Waals surface area contributed by atoms with Crippen molar-refractivity contribution in [2.24, 2.45) is 0 Å². The van der Waals surface area contributed by atoms with Gasteiger partial charge in [0, 0.05) is 15.6 Å². The van der Waals surface area contributed by atoms with E-state index >= 15 is 0 Å². The monoisotopic (exact) mass is 552 g/mol. The Morgan fingerprint density at radius 3 is 1.55 bits per heavy atom. The molecule has 0 N–H and O–H groups in total. The summed E-state index contributed by atoms with van der Waals surface area (Å²) in [7, 11) is 0. The van der Waals surface area contributed by atoms with Crippen LogP contribution in [0.2, 0.25) is 0 Å². The van der Waals surface area contributed by atoms with E-state index in [0.29, 0.717) is 0 Å². The van der Waals surface area contributed by atoms with Gasteiger partial charge in [0.05, 0.1) is 33.5 Å². The molecule has 0 aliphatic rings. The SMILES string of the molecule is c1ccc2c(c1)c1ccccc1c1cc(-c3ccc(-c4ccc(-n5c6ccccc6c6ccccc65)cn4)s3)ccc21. The molecule has 0 spiro atoms. The van der Waals surface area contributed by atoms with Gasteiger partial charge in [0.25, 0.3) is 0 Å². The summed E-state index contributed by atoms with van der Waals surface area (Å²) >= 11 is 1.80. The number of hydrogen-bond acceptors (Lipinski definition) is 2. The second-order valence-corrected chi connectivity index (χ2v) is 11.9. The third-order valence-electron chi connectivity index (χ3n) is 8.47. The van der Waals surface area contributed by atoms with Crippen LogP contribution in [0.5, 0.6) is 0 Å². The summed E-state index contributed by atoms with van der Waals surface area (Å²) < 4.78 is 2.31. The molecule has 3 heterocycles. The molecular weight excluding hydrogens is 529 g/mol. The largest absolute Gasteiger partial charge is 0.308 e. The molecule has 196 valence electrons. The number of fused-ring (bicyclic) bond motifs is 9. The summed E-state index contributed by atoms with van der Waals surface area (Å²) in [5.74, 6) is 0. The summed E-state index contributed by atoms with van der Waals surface area (Å²) in [4.78, 5) is 7.36. The Kier molecular flexibility index (Phi) is 5.10. The number of thiophene rings is 1. The maximum Gasteiger partial charge on any atom is 0.0803 e. The topological polar surface area (TPSA) is 17.8 Å². The lowest BCUT2D eigenvalue weighted by Crippen LogP contribution is -1.94. The van der Waals surface area contributed by atoms with Crippen molar-refractivity contribution in [1.82, 2.24) is 9.55 Å². The highest BCUT2D eigenvalue weighted by molar-refractivity contribution is 7.18. The smallest absolute Gasteiger partial charge is 0.0803 e. The quantitative estimate of drug-likeness (QED) is 0.199. The highest BCUT2D eigenvalue weighted by Gasteiger charge is 2.14. The van der Waals surface area contributed by atoms with E-state index in [-0.39, 0.29) is 0 Å². The maximum absolute atomic E-state index is 4.94. The maximum atomic E-state index is 4.94. The summed E-state index contributed by atoms with van der Waals surface area (Å²) in [6.45, 7) is 0. The summed E-state index contributed by atoms with van der Waals surface area (Å²) in [5, 5.41) is 10.3. The summed E-state index contributed by atoms with van der Waals surface area (Å²) in [6, 6.07) is 50.3. The average Bonchev–Trinajstić information content (AvgIpc) is 3.69. The van der Waals surface area contributed by atoms with Gasteiger partial charge in [-0.05, 0) is 80.3 Å². The fraction of sp³-hybridized carbons (Fsp3) is 0. The van der Waals surface area contributed by atoms with Crippen molar-refractivity contribution in [3.63, 3.8) is 0 Å². The lowest BCUT2D eigenvalue weighted by Gasteiger charge is -2.11. The first-order valence-corrected chi connectivity index (χ1v) is 15.0. The zero-order chi connectivity index (χ0) is 27.6. The first-order chi connectivity index (χ1) is 20.8. The van der Waals surface area contributed by atoms with Crippen LogP contribution in [0.1, 0.15) is 0 Å². The summed E-state index contributed by atoms with van der Waals surface area (Å²) in [5.41, 5.74) is 5.70. The number of rotatable bonds is 3. The van der Waals surface area contributed by atoms with Gasteiger partial charge in [-0.15, -0.1) is 11.3 Å². The van der Waals surface area contributed by atoms with Crippen molar-refractivity contribution in [1.29, 1.82) is 0 Å². The van der Waals surface area contributed by atoms with Crippen LogP contribution < -0.4 is 0 Å². The average molecular weight is 553 g/mol. The molecule has 0 atom stereocenters. The molecule has 0 aliphatic heterocycles. The lowest BCUT2D eigenvalue weighted by atomic mass is 9.93. The first kappa shape index (κ1) is 23.5. The van der Waals surface area contributed by atoms with Gasteiger partial charge in [-0.1, -0.05) is 97.1 Å². The predicted octanol–water partition coefficient (Wildman–Crippen LogP) is 11.0. The van der Waals surface area contributed by atoms with Crippen LogP contribution in [0, 0.1) is 0 Å². The highest BCUT2D eigenvalue weighted by atomic mass is 32.1. The van der Waals surface area contributed by atoms with Crippen molar-refractivity contribution in [2.45, 2.75) is 0 Å². The van der Waals surface area contributed by atoms with Gasteiger partial charge in [-0.3, -0.25) is 4.98 Å². The van der Waals surface area contributed by atoms with Crippen molar-refractivity contribution in [2.75, 3.05) is 0 Å². The molecule has 0 unspecified atom stereocenters. The minimum atomic E-state index is 0.994. The molecule has 0 fully saturated rings. The molecule has 3 heteroatoms. The number of hydrogen-bond donors (Lipinski definition) is 0. The van der Waals surface area contributed by atoms with Crippen molar-refractivity contribution < 1.29 is 0 Å². The second kappa shape index (κ2) is 9.13. The third kappa shape index (κ3) is 3.47. The molecule has 9 aromatic rings. The van der Waals surface area contributed by atoms with Gasteiger partial charge in [0.15, 0.2) is 0 Å². The molecule has 0 aliphatic carbocycles. The van der Waals surface area contributed by atoms with E-state index in [2.05, 4.69) is 144 Å². The van der Waals surface area contributed by atoms with Crippen LogP contribution in [0.25, 0.3) is 80.8 Å². The van der Waals surface area contributed by atoms with Crippen LogP contribution in [0.15, 0.2) is 146 Å². The van der Waals surface area contributed by atoms with E-state index in [9.17, 15) is 0 Å². The van der Waals surface area contributed by atoms with Crippen molar-refractivity contribution in [3.05, 3.63) is 146 Å². The third-order valence-corrected chi connectivity index (χ3v) is 9.63. The lowest BCUT2D eigenvalue weighted by molar-refractivity contribution is 1.14. The molecule has 42 heavy (non-hydrogen) atoms. The molecular formula is C39H24N2S. The Morgan fingerprint density at radius 2 is 0.952 bits per heavy atom. The molecule has 3 aromatic heterocycles. The van der Waals surface area contributed by atoms with E-state index in [1.807, 2.05) is 6.20 Å². The normalized spacial score (nSPS) is 11.8. The van der Waals surface area contributed by atoms with E-state index in [1.54, 1.807) is 11.3 Å². The van der Waals surface area contributed by atoms with Crippen molar-refractivity contribution >= 4 is 65.5 Å². The second-order valence-electron chi connectivity index (χ2n) is 10.8. The fourth-order valence-electron chi connectivity index (χ4n) is 6.56. The Bertz CT molecular complexity index is 2370. The van der Waals surface area contributed by atoms with E-state index < -0.39 is 0 Å². The Morgan fingerprint density at radius 1 is 0.429 bits per heavy atom. The summed E-state index contributed by atoms with van der Waals surface area (Å²) in [6.07, 6.45) is 2.00. The van der Waals surface area contributed by atoms with Crippen LogP contribution >= 0.6 is 11.3 Å². The molecule has 0 saturated heterocycles. The molecule has 9 rings (SSSR count). The van der Waals surface area contributed by atoms with E-state index in [4.69, 9.17) is 4.98 Å². The number of pyridine rings is 1. The van der Waals surface area contributed by atoms with Crippen LogP contribution in [0.3, 0.4) is 0 Å². The fourth-order valence-corrected chi connectivity index (χ4v) is 7.54. The minimum Gasteiger partial charge on any atom is -0.308 e. The Labute approximate surface area is 246 Å². The van der Waals surface area contributed by atoms with Gasteiger partial charge in [-0.2, -0.15) is 0 Å². The van der Waals surface area contributed by atoms with Gasteiger partial charge in [-0.25, -0.2) is 0 Å². The van der Waals surface area contributed by atoms with Gasteiger partial charge < -0.3 is 4.57 Å². The molecule has 0 amide bonds. The number of aromatic nitrogens is 2. The highest BCUT2D eigenvalue weighted by Crippen LogP contribution is 2.40. The van der Waals surface area contributed by atoms with Gasteiger partial charge in [0.2, 0.25) is 0 Å². The molecule has 2 nitrogen and oxygen atoms in total. The molecule has 6 aromatic carbocycles. The zero-order valence-electron chi connectivity index (χ0n) is 22.7. The number of nitrogens with zero attached hydrogens (tertiary/aromatic N) is 2. The van der Waals surface area contributed by atoms with E-state index in [1.165, 1.54) is 69.4 Å². The predicted molar refractivity (Wildman–Crippen MR) is 180 cm³/mol. The first-order valence-electron chi connectivity index (χ1n) is 14.2. The van der Waals surface area contributed by atoms with Gasteiger partial charge >= 0.3 is 0 Å². The van der Waals surface area contributed by atoms with Crippen LogP contribution in [0.4, 0.5) is 0 Å². The Balaban J connectivity index is 1.12.